The molecule has 30 heavy (non-hydrogen) atoms. The molecule has 4 rings (SSSR count). The van der Waals surface area contributed by atoms with Crippen LogP contribution >= 0.6 is 0 Å². The molecule has 0 fully saturated rings. The summed E-state index contributed by atoms with van der Waals surface area (Å²) < 4.78 is 38.6. The predicted octanol–water partition coefficient (Wildman–Crippen LogP) is 4.01. The van der Waals surface area contributed by atoms with Crippen LogP contribution in [0.4, 0.5) is 15.8 Å². The highest BCUT2D eigenvalue weighted by atomic mass is 32.2. The third-order valence-electron chi connectivity index (χ3n) is 5.46. The fourth-order valence-corrected chi connectivity index (χ4v) is 4.67. The zero-order valence-corrected chi connectivity index (χ0v) is 17.5. The molecule has 1 aliphatic rings. The number of hydrogen-bond donors (Lipinski definition) is 2. The van der Waals surface area contributed by atoms with Crippen LogP contribution in [0.3, 0.4) is 0 Å². The van der Waals surface area contributed by atoms with Crippen LogP contribution in [0.2, 0.25) is 0 Å². The summed E-state index contributed by atoms with van der Waals surface area (Å²) in [5.41, 5.74) is 12.7. The number of anilines is 2. The van der Waals surface area contributed by atoms with Gasteiger partial charge in [-0.3, -0.25) is 0 Å². The molecule has 1 heterocycles. The van der Waals surface area contributed by atoms with Crippen molar-refractivity contribution < 1.29 is 12.8 Å². The maximum absolute atomic E-state index is 13.3. The average Bonchev–Trinajstić information content (AvgIpc) is 2.73. The van der Waals surface area contributed by atoms with Gasteiger partial charge >= 0.3 is 0 Å². The lowest BCUT2D eigenvalue weighted by Crippen LogP contribution is -2.35. The standard InChI is InChI=1S/C23H24FN3O2S/c1-30(28,29)27-12-11-21-18(15-27)3-2-4-23(21)26-20-10-7-17(14-25)22(13-20)16-5-8-19(24)9-6-16/h2-10,13,26H,11-12,14-15,25H2,1H3. The highest BCUT2D eigenvalue weighted by Gasteiger charge is 2.24. The third-order valence-corrected chi connectivity index (χ3v) is 6.71. The molecule has 0 unspecified atom stereocenters. The van der Waals surface area contributed by atoms with E-state index in [4.69, 9.17) is 5.73 Å². The lowest BCUT2D eigenvalue weighted by Gasteiger charge is -2.28. The van der Waals surface area contributed by atoms with Gasteiger partial charge in [0.05, 0.1) is 6.26 Å². The maximum atomic E-state index is 13.3. The Bertz CT molecular complexity index is 1180. The Balaban J connectivity index is 1.66. The van der Waals surface area contributed by atoms with Gasteiger partial charge in [0.1, 0.15) is 5.82 Å². The molecular formula is C23H24FN3O2S. The Hall–Kier alpha value is -2.74. The summed E-state index contributed by atoms with van der Waals surface area (Å²) in [6.45, 7) is 1.24. The zero-order chi connectivity index (χ0) is 21.3. The number of rotatable bonds is 5. The Morgan fingerprint density at radius 3 is 2.57 bits per heavy atom. The minimum atomic E-state index is -3.21. The fourth-order valence-electron chi connectivity index (χ4n) is 3.87. The molecule has 156 valence electrons. The first-order valence-corrected chi connectivity index (χ1v) is 11.6. The van der Waals surface area contributed by atoms with Crippen LogP contribution in [-0.2, 0) is 29.5 Å². The number of nitrogens with two attached hydrogens (primary N) is 1. The van der Waals surface area contributed by atoms with E-state index >= 15 is 0 Å². The van der Waals surface area contributed by atoms with E-state index in [0.29, 0.717) is 26.1 Å². The summed E-state index contributed by atoms with van der Waals surface area (Å²) in [5, 5.41) is 3.48. The van der Waals surface area contributed by atoms with Crippen molar-refractivity contribution in [1.29, 1.82) is 0 Å². The molecule has 3 N–H and O–H groups in total. The van der Waals surface area contributed by atoms with Crippen molar-refractivity contribution >= 4 is 21.4 Å². The Kier molecular flexibility index (Phi) is 5.60. The first-order chi connectivity index (χ1) is 14.3. The molecule has 0 spiro atoms. The molecule has 0 saturated carbocycles. The van der Waals surface area contributed by atoms with Gasteiger partial charge in [-0.1, -0.05) is 30.3 Å². The summed E-state index contributed by atoms with van der Waals surface area (Å²) in [6, 6.07) is 18.2. The Morgan fingerprint density at radius 1 is 1.10 bits per heavy atom. The van der Waals surface area contributed by atoms with E-state index in [2.05, 4.69) is 5.32 Å². The number of nitrogens with one attached hydrogen (secondary N) is 1. The summed E-state index contributed by atoms with van der Waals surface area (Å²) in [4.78, 5) is 0. The van der Waals surface area contributed by atoms with E-state index < -0.39 is 10.0 Å². The first-order valence-electron chi connectivity index (χ1n) is 9.77. The normalized spacial score (nSPS) is 14.4. The Labute approximate surface area is 176 Å². The monoisotopic (exact) mass is 425 g/mol. The summed E-state index contributed by atoms with van der Waals surface area (Å²) in [7, 11) is -3.21. The van der Waals surface area contributed by atoms with E-state index in [1.54, 1.807) is 12.1 Å². The zero-order valence-electron chi connectivity index (χ0n) is 16.7. The molecule has 1 aliphatic heterocycles. The van der Waals surface area contributed by atoms with Crippen LogP contribution in [0.1, 0.15) is 16.7 Å². The lowest BCUT2D eigenvalue weighted by molar-refractivity contribution is 0.395. The van der Waals surface area contributed by atoms with Gasteiger partial charge in [-0.05, 0) is 64.6 Å². The molecule has 5 nitrogen and oxygen atoms in total. The molecule has 0 atom stereocenters. The molecule has 3 aromatic rings. The SMILES string of the molecule is CS(=O)(=O)N1CCc2c(cccc2Nc2ccc(CN)c(-c3ccc(F)cc3)c2)C1. The van der Waals surface area contributed by atoms with Gasteiger partial charge in [-0.15, -0.1) is 0 Å². The van der Waals surface area contributed by atoms with Crippen molar-refractivity contribution in [1.82, 2.24) is 4.31 Å². The highest BCUT2D eigenvalue weighted by Crippen LogP contribution is 2.32. The number of fused-ring (bicyclic) bond motifs is 1. The van der Waals surface area contributed by atoms with E-state index in [0.717, 1.165) is 39.2 Å². The van der Waals surface area contributed by atoms with Crippen LogP contribution in [-0.4, -0.2) is 25.5 Å². The van der Waals surface area contributed by atoms with Gasteiger partial charge in [0.2, 0.25) is 10.0 Å². The first kappa shape index (κ1) is 20.5. The van der Waals surface area contributed by atoms with Crippen molar-refractivity contribution in [2.45, 2.75) is 19.5 Å². The van der Waals surface area contributed by atoms with E-state index in [9.17, 15) is 12.8 Å². The summed E-state index contributed by atoms with van der Waals surface area (Å²) in [6.07, 6.45) is 1.90. The number of nitrogens with zero attached hydrogens (tertiary/aromatic N) is 1. The van der Waals surface area contributed by atoms with E-state index in [1.807, 2.05) is 36.4 Å². The molecule has 3 aromatic carbocycles. The molecule has 0 radical (unpaired) electrons. The van der Waals surface area contributed by atoms with Gasteiger partial charge in [0.15, 0.2) is 0 Å². The number of benzene rings is 3. The van der Waals surface area contributed by atoms with Crippen molar-refractivity contribution in [3.63, 3.8) is 0 Å². The number of sulfonamides is 1. The van der Waals surface area contributed by atoms with Crippen LogP contribution < -0.4 is 11.1 Å². The van der Waals surface area contributed by atoms with Crippen LogP contribution in [0.15, 0.2) is 60.7 Å². The third kappa shape index (κ3) is 4.23. The average molecular weight is 426 g/mol. The summed E-state index contributed by atoms with van der Waals surface area (Å²) >= 11 is 0. The molecule has 0 bridgehead atoms. The van der Waals surface area contributed by atoms with Gasteiger partial charge in [0, 0.05) is 31.0 Å². The molecule has 0 amide bonds. The van der Waals surface area contributed by atoms with E-state index in [-0.39, 0.29) is 5.82 Å². The van der Waals surface area contributed by atoms with Gasteiger partial charge in [-0.2, -0.15) is 4.31 Å². The largest absolute Gasteiger partial charge is 0.355 e. The molecule has 7 heteroatoms. The minimum Gasteiger partial charge on any atom is -0.355 e. The van der Waals surface area contributed by atoms with Gasteiger partial charge < -0.3 is 11.1 Å². The second kappa shape index (κ2) is 8.18. The van der Waals surface area contributed by atoms with Crippen molar-refractivity contribution in [3.05, 3.63) is 83.2 Å². The second-order valence-corrected chi connectivity index (χ2v) is 9.48. The topological polar surface area (TPSA) is 75.4 Å². The maximum Gasteiger partial charge on any atom is 0.211 e. The van der Waals surface area contributed by atoms with Crippen molar-refractivity contribution in [3.8, 4) is 11.1 Å². The highest BCUT2D eigenvalue weighted by molar-refractivity contribution is 7.88. The van der Waals surface area contributed by atoms with Gasteiger partial charge in [0.25, 0.3) is 0 Å². The van der Waals surface area contributed by atoms with E-state index in [1.165, 1.54) is 22.7 Å². The van der Waals surface area contributed by atoms with Gasteiger partial charge in [-0.25, -0.2) is 12.8 Å². The fraction of sp³-hybridized carbons (Fsp3) is 0.217. The smallest absolute Gasteiger partial charge is 0.211 e. The summed E-state index contributed by atoms with van der Waals surface area (Å²) in [5.74, 6) is -0.277. The molecular weight excluding hydrogens is 401 g/mol. The quantitative estimate of drug-likeness (QED) is 0.648. The minimum absolute atomic E-state index is 0.277. The Morgan fingerprint density at radius 2 is 1.87 bits per heavy atom. The number of halogens is 1. The molecule has 0 aromatic heterocycles. The van der Waals surface area contributed by atoms with Crippen molar-refractivity contribution in [2.24, 2.45) is 5.73 Å². The van der Waals surface area contributed by atoms with Crippen LogP contribution in [0, 0.1) is 5.82 Å². The molecule has 0 aliphatic carbocycles. The lowest BCUT2D eigenvalue weighted by atomic mass is 9.97. The van der Waals surface area contributed by atoms with Crippen LogP contribution in [0.25, 0.3) is 11.1 Å². The van der Waals surface area contributed by atoms with Crippen molar-refractivity contribution in [2.75, 3.05) is 18.1 Å². The predicted molar refractivity (Wildman–Crippen MR) is 118 cm³/mol. The molecule has 0 saturated heterocycles. The van der Waals surface area contributed by atoms with Crippen LogP contribution in [0.5, 0.6) is 0 Å². The number of hydrogen-bond acceptors (Lipinski definition) is 4. The second-order valence-electron chi connectivity index (χ2n) is 7.50.